The van der Waals surface area contributed by atoms with Crippen LogP contribution in [0.1, 0.15) is 48.6 Å². The summed E-state index contributed by atoms with van der Waals surface area (Å²) in [5, 5.41) is 174. The SMILES string of the molecule is Cc1n[nH]c(=S)s1.O=C(O)/C=C(/CC(=O)O)C(=O)O.O=C(O)CC(C(=O)O)C(Sc1n[nH]c(=S)s1)C(=O)O.O=C([O-])CC(C(=O)[O-])C(Sc1n[nH]c(=S)s1)C(=O)[O-].O=C([O-])CC(C(=O)[O-])C(Sc1nn[c-]s1)C(=O)[O-].O=C([O-])CC(C(=O)[O-])C(Sc1nn[c-]s1)C(=O)[O-].[2H]C([2H])[3H].[K+].[K+].[K+].[K+].[NH4+].[NH4+].[NH4+].[Na+].[Na+].[Na+].[Na+].[SH3+].[SH3+]. The molecule has 21 N–H and O–H groups in total. The third-order valence-electron chi connectivity index (χ3n) is 9.00. The molecule has 8 atom stereocenters. The first-order chi connectivity index (χ1) is 44.9. The number of nitrogens with zero attached hydrogens (tertiary/aromatic N) is 7. The number of aromatic nitrogens is 10. The van der Waals surface area contributed by atoms with Crippen LogP contribution in [-0.2, 0) is 98.9 Å². The Kier molecular flexibility index (Phi) is 101. The molecule has 107 heavy (non-hydrogen) atoms. The first-order valence-electron chi connectivity index (χ1n) is 24.5. The van der Waals surface area contributed by atoms with Crippen LogP contribution in [0.5, 0.6) is 0 Å². The van der Waals surface area contributed by atoms with Gasteiger partial charge in [-0.2, -0.15) is 38.8 Å². The smallest absolute Gasteiger partial charge is 0.550 e. The minimum atomic E-state index is -1.81. The quantitative estimate of drug-likeness (QED) is 0.00475. The predicted molar refractivity (Wildman–Crippen MR) is 346 cm³/mol. The Bertz CT molecular complexity index is 3590. The molecule has 556 valence electrons. The Morgan fingerprint density at radius 3 is 0.972 bits per heavy atom. The van der Waals surface area contributed by atoms with Crippen molar-refractivity contribution in [2.24, 2.45) is 23.7 Å². The second-order valence-corrected chi connectivity index (χ2v) is 27.9. The maximum absolute atomic E-state index is 11.1. The van der Waals surface area contributed by atoms with Crippen LogP contribution in [-0.4, -0.2) is 192 Å². The number of aryl methyl sites for hydroxylation is 1. The molecule has 0 aliphatic heterocycles. The van der Waals surface area contributed by atoms with Crippen molar-refractivity contribution < 1.29 is 476 Å². The zero-order valence-electron chi connectivity index (χ0n) is 60.5. The van der Waals surface area contributed by atoms with Crippen molar-refractivity contribution in [2.75, 3.05) is 0 Å². The Morgan fingerprint density at radius 2 is 0.794 bits per heavy atom. The van der Waals surface area contributed by atoms with E-state index < -0.39 is 179 Å². The summed E-state index contributed by atoms with van der Waals surface area (Å²) in [6.07, 6.45) is -4.20. The molecule has 5 heterocycles. The van der Waals surface area contributed by atoms with Crippen LogP contribution in [0.4, 0.5) is 0 Å². The molecule has 0 saturated carbocycles. The van der Waals surface area contributed by atoms with Crippen molar-refractivity contribution in [1.82, 2.24) is 69.4 Å². The van der Waals surface area contributed by atoms with Gasteiger partial charge in [0, 0.05) is 82.9 Å². The van der Waals surface area contributed by atoms with Crippen molar-refractivity contribution in [3.63, 3.8) is 0 Å². The molecule has 5 aromatic rings. The molecule has 8 unspecified atom stereocenters. The van der Waals surface area contributed by atoms with Gasteiger partial charge in [-0.1, -0.05) is 103 Å². The van der Waals surface area contributed by atoms with E-state index in [-0.39, 0.29) is 391 Å². The molecule has 0 amide bonds. The van der Waals surface area contributed by atoms with Gasteiger partial charge in [0.1, 0.15) is 10.3 Å². The van der Waals surface area contributed by atoms with E-state index in [9.17, 15) is 118 Å². The van der Waals surface area contributed by atoms with Crippen LogP contribution in [0, 0.1) is 53.5 Å². The van der Waals surface area contributed by atoms with Gasteiger partial charge in [-0.25, -0.2) is 9.59 Å². The van der Waals surface area contributed by atoms with Gasteiger partial charge in [0.2, 0.25) is 0 Å². The van der Waals surface area contributed by atoms with E-state index >= 15 is 0 Å². The fourth-order valence-electron chi connectivity index (χ4n) is 5.33. The molecule has 0 bridgehead atoms. The van der Waals surface area contributed by atoms with Crippen LogP contribution in [0.15, 0.2) is 29.0 Å². The number of carbonyl (C=O) groups is 15. The van der Waals surface area contributed by atoms with Crippen molar-refractivity contribution >= 4 is 257 Å². The molecule has 43 nitrogen and oxygen atoms in total. The number of hydrogen-bond acceptors (Lipinski definition) is 43. The minimum Gasteiger partial charge on any atom is -0.550 e. The number of nitrogens with one attached hydrogen (secondary N) is 3. The summed E-state index contributed by atoms with van der Waals surface area (Å²) < 4.78 is 19.7. The van der Waals surface area contributed by atoms with Crippen LogP contribution in [0.3, 0.4) is 0 Å². The molecule has 0 aromatic carbocycles. The van der Waals surface area contributed by atoms with Crippen LogP contribution in [0.25, 0.3) is 0 Å². The third-order valence-corrected chi connectivity index (χ3v) is 19.0. The average molecular weight is 1920 g/mol. The molecular weight excluding hydrogens is 1860 g/mol. The Balaban J connectivity index is -0.0000000743. The largest absolute Gasteiger partial charge is 1.00 e. The number of quaternary nitrogens is 3. The van der Waals surface area contributed by atoms with E-state index in [4.69, 9.17) is 71.4 Å². The molecule has 65 heteroatoms. The fourth-order valence-corrected chi connectivity index (χ4v) is 14.1. The van der Waals surface area contributed by atoms with Crippen molar-refractivity contribution in [2.45, 2.75) is 84.7 Å². The summed E-state index contributed by atoms with van der Waals surface area (Å²) in [6, 6.07) is 0. The standard InChI is InChI=1S/2C8H8N2O6S3.2C8H7N2O6S2.C6H6O6.C3H4N2S2.CH4.4K.3H3N.4Na.2H2S/c2*11-3(12)1-2(5(13)14)4(6(15)16)18-8-10-9-7(17)19-8;2*11-4(12)1-3(6(13)14)5(7(15)16)18-8-10-9-2-17-8;7-4(8)1-3(6(11)12)2-5(9)10;1-2-4-5-3(6)7-2;;;;;;;;;;;;;;/h2*2,4H,1H2,(H,9,17)(H,11,12)(H,13,14)(H,15,16);2*3,5H,1H2,(H,11,12)(H,13,14)(H,15,16);1H,2H2,(H,7,8)(H,9,10)(H,11,12);1H3,(H,5,6);1H4;;;;;3*1H3;;;;;2*1H2/q;;2*-1;;;;4*+1;;;;4*+1;;/p-4/b;;;;3-1-;;;;;;;;;;;;;;;/i;;;;;;1TD2;;;;;;;;;;;;;. The molecule has 0 spiro atoms. The van der Waals surface area contributed by atoms with Crippen molar-refractivity contribution in [3.05, 3.63) is 39.5 Å². The number of hydrogen-bond donors (Lipinski definition) is 12. The van der Waals surface area contributed by atoms with E-state index in [1.807, 2.05) is 6.92 Å². The third kappa shape index (κ3) is 67.3. The van der Waals surface area contributed by atoms with Gasteiger partial charge in [-0.05, 0) is 62.8 Å². The second-order valence-electron chi connectivity index (χ2n) is 15.6. The number of aromatic amines is 3. The zero-order chi connectivity index (χ0) is 75.1. The first-order valence-corrected chi connectivity index (χ1v) is 31.6. The summed E-state index contributed by atoms with van der Waals surface area (Å²) in [7, 11) is -1.42. The normalized spacial score (nSPS) is 11.7. The first kappa shape index (κ1) is 136. The number of carboxylic acids is 15. The molecule has 5 aromatic heterocycles. The van der Waals surface area contributed by atoms with E-state index in [2.05, 4.69) is 62.0 Å². The number of H-pyrrole nitrogens is 3. The van der Waals surface area contributed by atoms with Crippen LogP contribution < -0.4 is 388 Å². The van der Waals surface area contributed by atoms with Crippen LogP contribution >= 0.6 is 140 Å². The molecule has 0 aliphatic rings. The number of carboxylic acid groups (broad SMARTS) is 15. The van der Waals surface area contributed by atoms with Gasteiger partial charge in [0.25, 0.3) is 0 Å². The zero-order valence-corrected chi connectivity index (χ0v) is 90.1. The summed E-state index contributed by atoms with van der Waals surface area (Å²) in [4.78, 5) is 159. The van der Waals surface area contributed by atoms with Gasteiger partial charge in [-0.3, -0.25) is 54.9 Å². The fraction of sp³-hybridized carbons (Fsp3) is 0.357. The molecule has 0 aliphatic carbocycles. The second kappa shape index (κ2) is 79.9. The van der Waals surface area contributed by atoms with Gasteiger partial charge in [0.05, 0.1) is 47.5 Å². The van der Waals surface area contributed by atoms with Gasteiger partial charge < -0.3 is 161 Å². The summed E-state index contributed by atoms with van der Waals surface area (Å²) in [5.41, 5.74) is 4.02. The molecule has 5 rings (SSSR count). The summed E-state index contributed by atoms with van der Waals surface area (Å²) >= 11 is 21.6. The maximum atomic E-state index is 11.1. The summed E-state index contributed by atoms with van der Waals surface area (Å²) in [6.45, 7) is 1.91. The Morgan fingerprint density at radius 1 is 0.495 bits per heavy atom. The summed E-state index contributed by atoms with van der Waals surface area (Å²) in [5.74, 6) is -31.3. The Labute approximate surface area is 931 Å². The maximum Gasteiger partial charge on any atom is 1.00 e. The molecule has 0 radical (unpaired) electrons. The monoisotopic (exact) mass is 1920 g/mol. The van der Waals surface area contributed by atoms with Crippen molar-refractivity contribution in [3.8, 4) is 0 Å². The van der Waals surface area contributed by atoms with Gasteiger partial charge >= 0.3 is 360 Å². The number of rotatable bonds is 32. The average Bonchev–Trinajstić information content (AvgIpc) is 1.79. The number of aliphatic carboxylic acids is 15. The van der Waals surface area contributed by atoms with E-state index in [0.29, 0.717) is 57.1 Å². The van der Waals surface area contributed by atoms with E-state index in [1.54, 1.807) is 0 Å². The van der Waals surface area contributed by atoms with Crippen molar-refractivity contribution in [1.29, 1.82) is 0 Å². The molecule has 0 saturated heterocycles. The molecule has 0 fully saturated rings. The van der Waals surface area contributed by atoms with E-state index in [1.165, 1.54) is 11.3 Å². The van der Waals surface area contributed by atoms with E-state index in [0.717, 1.165) is 54.3 Å². The number of carbonyl (C=O) groups excluding carboxylic acids is 9. The van der Waals surface area contributed by atoms with Gasteiger partial charge in [0.15, 0.2) is 20.5 Å². The topological polar surface area (TPSA) is 832 Å². The number of thioether (sulfide) groups is 4. The van der Waals surface area contributed by atoms with Crippen LogP contribution in [0.2, 0.25) is 0 Å². The van der Waals surface area contributed by atoms with Gasteiger partial charge in [-0.15, -0.1) is 0 Å². The molecular formula is C42H53K4N13Na4O30S14+2. The Hall–Kier alpha value is 2.78. The minimum absolute atomic E-state index is 0. The predicted octanol–water partition coefficient (Wildman–Crippen LogP) is -32.8.